The van der Waals surface area contributed by atoms with Crippen molar-refractivity contribution in [2.45, 2.75) is 19.9 Å². The van der Waals surface area contributed by atoms with Crippen molar-refractivity contribution in [3.8, 4) is 0 Å². The Kier molecular flexibility index (Phi) is 3.92. The predicted molar refractivity (Wildman–Crippen MR) is 66.2 cm³/mol. The van der Waals surface area contributed by atoms with Crippen LogP contribution in [0.2, 0.25) is 0 Å². The van der Waals surface area contributed by atoms with Crippen molar-refractivity contribution in [2.75, 3.05) is 5.32 Å². The quantitative estimate of drug-likeness (QED) is 0.673. The lowest BCUT2D eigenvalue weighted by atomic mass is 10.2. The molecule has 1 aromatic carbocycles. The van der Waals surface area contributed by atoms with Crippen molar-refractivity contribution in [2.24, 2.45) is 0 Å². The number of aromatic nitrogens is 1. The summed E-state index contributed by atoms with van der Waals surface area (Å²) in [5.41, 5.74) is -1.07. The Balaban J connectivity index is 2.22. The number of nitrogens with zero attached hydrogens (tertiary/aromatic N) is 2. The van der Waals surface area contributed by atoms with Gasteiger partial charge in [0, 0.05) is 18.6 Å². The number of nitro benzene ring substituents is 1. The summed E-state index contributed by atoms with van der Waals surface area (Å²) in [5.74, 6) is -1.21. The Labute approximate surface area is 112 Å². The second-order valence-corrected chi connectivity index (χ2v) is 3.97. The van der Waals surface area contributed by atoms with Gasteiger partial charge < -0.3 is 9.73 Å². The van der Waals surface area contributed by atoms with Gasteiger partial charge in [-0.1, -0.05) is 6.92 Å². The lowest BCUT2D eigenvalue weighted by molar-refractivity contribution is -0.386. The van der Waals surface area contributed by atoms with E-state index < -0.39 is 22.2 Å². The second kappa shape index (κ2) is 5.64. The van der Waals surface area contributed by atoms with Crippen LogP contribution in [-0.2, 0) is 13.0 Å². The van der Waals surface area contributed by atoms with Gasteiger partial charge in [0.2, 0.25) is 11.7 Å². The maximum Gasteiger partial charge on any atom is 0.327 e. The van der Waals surface area contributed by atoms with Crippen molar-refractivity contribution in [3.05, 3.63) is 51.7 Å². The molecule has 0 fully saturated rings. The Morgan fingerprint density at radius 3 is 2.80 bits per heavy atom. The lowest BCUT2D eigenvalue weighted by Gasteiger charge is -2.06. The van der Waals surface area contributed by atoms with Crippen LogP contribution in [0.1, 0.15) is 18.6 Å². The molecule has 106 valence electrons. The molecule has 1 heterocycles. The number of nitro groups is 1. The smallest absolute Gasteiger partial charge is 0.327 e. The Morgan fingerprint density at radius 2 is 2.20 bits per heavy atom. The average Bonchev–Trinajstić information content (AvgIpc) is 2.82. The first kappa shape index (κ1) is 13.9. The molecular weight excluding hydrogens is 272 g/mol. The molecule has 0 aliphatic carbocycles. The van der Waals surface area contributed by atoms with Crippen LogP contribution in [0.4, 0.5) is 20.2 Å². The third-order valence-corrected chi connectivity index (χ3v) is 2.59. The number of anilines is 1. The number of rotatable bonds is 5. The molecule has 6 nitrogen and oxygen atoms in total. The van der Waals surface area contributed by atoms with Crippen LogP contribution in [0, 0.1) is 21.7 Å². The Morgan fingerprint density at radius 1 is 1.45 bits per heavy atom. The summed E-state index contributed by atoms with van der Waals surface area (Å²) in [4.78, 5) is 13.8. The van der Waals surface area contributed by atoms with E-state index in [9.17, 15) is 18.9 Å². The predicted octanol–water partition coefficient (Wildman–Crippen LogP) is 3.04. The molecule has 0 aliphatic heterocycles. The van der Waals surface area contributed by atoms with Crippen LogP contribution in [0.25, 0.3) is 0 Å². The molecule has 0 atom stereocenters. The van der Waals surface area contributed by atoms with Crippen molar-refractivity contribution < 1.29 is 18.1 Å². The number of hydrogen-bond acceptors (Lipinski definition) is 5. The first-order valence-electron chi connectivity index (χ1n) is 5.82. The minimum Gasteiger partial charge on any atom is -0.444 e. The van der Waals surface area contributed by atoms with Gasteiger partial charge in [-0.05, 0) is 0 Å². The van der Waals surface area contributed by atoms with Gasteiger partial charge in [-0.25, -0.2) is 9.37 Å². The van der Waals surface area contributed by atoms with Crippen LogP contribution < -0.4 is 5.32 Å². The zero-order valence-electron chi connectivity index (χ0n) is 10.5. The number of aryl methyl sites for hydroxylation is 1. The standard InChI is InChI=1S/C12H11F2N3O3/c1-2-8-5-16-11(20-8)6-15-10-4-7(13)3-9(14)12(10)17(18)19/h3-5,15H,2,6H2,1H3. The summed E-state index contributed by atoms with van der Waals surface area (Å²) in [6.45, 7) is 1.87. The molecule has 0 unspecified atom stereocenters. The zero-order valence-corrected chi connectivity index (χ0v) is 10.5. The fraction of sp³-hybridized carbons (Fsp3) is 0.250. The summed E-state index contributed by atoms with van der Waals surface area (Å²) in [7, 11) is 0. The summed E-state index contributed by atoms with van der Waals surface area (Å²) in [5, 5.41) is 13.3. The van der Waals surface area contributed by atoms with E-state index in [0.717, 1.165) is 6.07 Å². The number of oxazole rings is 1. The van der Waals surface area contributed by atoms with Crippen molar-refractivity contribution in [3.63, 3.8) is 0 Å². The van der Waals surface area contributed by atoms with E-state index in [-0.39, 0.29) is 18.1 Å². The van der Waals surface area contributed by atoms with Crippen LogP contribution in [0.5, 0.6) is 0 Å². The molecule has 0 saturated heterocycles. The zero-order chi connectivity index (χ0) is 14.7. The second-order valence-electron chi connectivity index (χ2n) is 3.97. The molecule has 0 aliphatic rings. The topological polar surface area (TPSA) is 81.2 Å². The molecule has 0 bridgehead atoms. The van der Waals surface area contributed by atoms with Crippen LogP contribution in [0.3, 0.4) is 0 Å². The Bertz CT molecular complexity index is 643. The van der Waals surface area contributed by atoms with E-state index in [1.165, 1.54) is 6.20 Å². The van der Waals surface area contributed by atoms with E-state index in [1.807, 2.05) is 6.92 Å². The third kappa shape index (κ3) is 2.90. The number of halogens is 2. The van der Waals surface area contributed by atoms with Gasteiger partial charge in [-0.2, -0.15) is 4.39 Å². The molecule has 20 heavy (non-hydrogen) atoms. The molecular formula is C12H11F2N3O3. The summed E-state index contributed by atoms with van der Waals surface area (Å²) in [6, 6.07) is 1.31. The van der Waals surface area contributed by atoms with Gasteiger partial charge in [0.1, 0.15) is 17.3 Å². The number of nitrogens with one attached hydrogen (secondary N) is 1. The highest BCUT2D eigenvalue weighted by Crippen LogP contribution is 2.29. The highest BCUT2D eigenvalue weighted by Gasteiger charge is 2.22. The van der Waals surface area contributed by atoms with Crippen LogP contribution >= 0.6 is 0 Å². The van der Waals surface area contributed by atoms with E-state index in [2.05, 4.69) is 10.3 Å². The summed E-state index contributed by atoms with van der Waals surface area (Å²) < 4.78 is 31.8. The van der Waals surface area contributed by atoms with Crippen molar-refractivity contribution >= 4 is 11.4 Å². The van der Waals surface area contributed by atoms with E-state index >= 15 is 0 Å². The van der Waals surface area contributed by atoms with Gasteiger partial charge in [0.05, 0.1) is 17.7 Å². The highest BCUT2D eigenvalue weighted by atomic mass is 19.1. The first-order valence-corrected chi connectivity index (χ1v) is 5.82. The van der Waals surface area contributed by atoms with E-state index in [1.54, 1.807) is 0 Å². The molecule has 1 aromatic heterocycles. The largest absolute Gasteiger partial charge is 0.444 e. The fourth-order valence-corrected chi connectivity index (χ4v) is 1.65. The number of hydrogen-bond donors (Lipinski definition) is 1. The van der Waals surface area contributed by atoms with E-state index in [0.29, 0.717) is 18.2 Å². The summed E-state index contributed by atoms with van der Waals surface area (Å²) in [6.07, 6.45) is 2.18. The maximum absolute atomic E-state index is 13.4. The minimum atomic E-state index is -1.24. The third-order valence-electron chi connectivity index (χ3n) is 2.59. The number of benzene rings is 1. The van der Waals surface area contributed by atoms with Gasteiger partial charge in [-0.15, -0.1) is 0 Å². The monoisotopic (exact) mass is 283 g/mol. The van der Waals surface area contributed by atoms with Gasteiger partial charge in [0.15, 0.2) is 0 Å². The Hall–Kier alpha value is -2.51. The molecule has 0 spiro atoms. The molecule has 0 saturated carbocycles. The lowest BCUT2D eigenvalue weighted by Crippen LogP contribution is -2.05. The van der Waals surface area contributed by atoms with Gasteiger partial charge in [-0.3, -0.25) is 10.1 Å². The molecule has 0 amide bonds. The molecule has 2 rings (SSSR count). The normalized spacial score (nSPS) is 10.6. The fourth-order valence-electron chi connectivity index (χ4n) is 1.65. The molecule has 1 N–H and O–H groups in total. The minimum absolute atomic E-state index is 0.0102. The van der Waals surface area contributed by atoms with Crippen molar-refractivity contribution in [1.82, 2.24) is 4.98 Å². The molecule has 2 aromatic rings. The maximum atomic E-state index is 13.4. The highest BCUT2D eigenvalue weighted by molar-refractivity contribution is 5.62. The molecule has 0 radical (unpaired) electrons. The average molecular weight is 283 g/mol. The van der Waals surface area contributed by atoms with Crippen molar-refractivity contribution in [1.29, 1.82) is 0 Å². The SMILES string of the molecule is CCc1cnc(CNc2cc(F)cc(F)c2[N+](=O)[O-])o1. The molecule has 8 heteroatoms. The van der Waals surface area contributed by atoms with Crippen LogP contribution in [0.15, 0.2) is 22.7 Å². The van der Waals surface area contributed by atoms with Gasteiger partial charge in [0.25, 0.3) is 0 Å². The van der Waals surface area contributed by atoms with E-state index in [4.69, 9.17) is 4.42 Å². The first-order chi connectivity index (χ1) is 9.51. The summed E-state index contributed by atoms with van der Waals surface area (Å²) >= 11 is 0. The van der Waals surface area contributed by atoms with Gasteiger partial charge >= 0.3 is 5.69 Å². The van der Waals surface area contributed by atoms with Crippen LogP contribution in [-0.4, -0.2) is 9.91 Å².